The number of aromatic nitrogens is 4. The summed E-state index contributed by atoms with van der Waals surface area (Å²) < 4.78 is 5.62. The number of hydrogen-bond acceptors (Lipinski definition) is 6. The summed E-state index contributed by atoms with van der Waals surface area (Å²) in [5.74, 6) is -0.510. The van der Waals surface area contributed by atoms with Crippen molar-refractivity contribution in [2.24, 2.45) is 0 Å². The van der Waals surface area contributed by atoms with Gasteiger partial charge in [0.15, 0.2) is 0 Å². The lowest BCUT2D eigenvalue weighted by Crippen LogP contribution is -2.26. The van der Waals surface area contributed by atoms with Crippen LogP contribution in [0.15, 0.2) is 33.9 Å². The normalized spacial score (nSPS) is 9.59. The van der Waals surface area contributed by atoms with Crippen LogP contribution in [0.4, 0.5) is 0 Å². The molecule has 0 saturated carbocycles. The van der Waals surface area contributed by atoms with Crippen molar-refractivity contribution in [2.45, 2.75) is 13.5 Å². The highest BCUT2D eigenvalue weighted by molar-refractivity contribution is 6.29. The van der Waals surface area contributed by atoms with Gasteiger partial charge in [0.1, 0.15) is 16.9 Å². The zero-order valence-corrected chi connectivity index (χ0v) is 13.0. The molecular weight excluding hydrogens is 335 g/mol. The van der Waals surface area contributed by atoms with Gasteiger partial charge in [0.25, 0.3) is 11.1 Å². The van der Waals surface area contributed by atoms with Crippen LogP contribution in [0.25, 0.3) is 0 Å². The Balaban J connectivity index is 0.000000255. The molecule has 0 aliphatic carbocycles. The number of nitrogens with zero attached hydrogens (tertiary/aromatic N) is 3. The van der Waals surface area contributed by atoms with Gasteiger partial charge in [-0.05, 0) is 19.1 Å². The summed E-state index contributed by atoms with van der Waals surface area (Å²) in [6, 6.07) is 5.36. The Bertz CT molecular complexity index is 724. The van der Waals surface area contributed by atoms with Crippen molar-refractivity contribution in [3.8, 4) is 0 Å². The lowest BCUT2D eigenvalue weighted by molar-refractivity contribution is -0.144. The number of halogens is 2. The van der Waals surface area contributed by atoms with E-state index in [4.69, 9.17) is 23.2 Å². The Kier molecular flexibility index (Phi) is 7.27. The second-order valence-corrected chi connectivity index (χ2v) is 4.48. The first-order valence-corrected chi connectivity index (χ1v) is 6.78. The van der Waals surface area contributed by atoms with Crippen molar-refractivity contribution in [1.82, 2.24) is 20.0 Å². The Hall–Kier alpha value is -2.19. The minimum Gasteiger partial charge on any atom is -0.465 e. The lowest BCUT2D eigenvalue weighted by Gasteiger charge is -2.03. The maximum Gasteiger partial charge on any atom is 0.327 e. The maximum atomic E-state index is 11.1. The van der Waals surface area contributed by atoms with Crippen molar-refractivity contribution in [2.75, 3.05) is 6.61 Å². The van der Waals surface area contributed by atoms with E-state index in [1.807, 2.05) is 0 Å². The van der Waals surface area contributed by atoms with E-state index in [-0.39, 0.29) is 29.4 Å². The summed E-state index contributed by atoms with van der Waals surface area (Å²) in [5.41, 5.74) is -0.628. The molecule has 0 radical (unpaired) electrons. The van der Waals surface area contributed by atoms with Crippen molar-refractivity contribution in [3.05, 3.63) is 55.3 Å². The summed E-state index contributed by atoms with van der Waals surface area (Å²) in [7, 11) is 0. The summed E-state index contributed by atoms with van der Waals surface area (Å²) in [5, 5.41) is 9.69. The number of hydrogen-bond donors (Lipinski definition) is 1. The van der Waals surface area contributed by atoms with Crippen LogP contribution < -0.4 is 11.1 Å². The number of ether oxygens (including phenoxy) is 1. The fraction of sp³-hybridized carbons (Fsp3) is 0.250. The molecule has 118 valence electrons. The third-order valence-electron chi connectivity index (χ3n) is 2.06. The Labute approximate surface area is 134 Å². The molecule has 2 heterocycles. The molecule has 0 saturated heterocycles. The van der Waals surface area contributed by atoms with Gasteiger partial charge in [-0.3, -0.25) is 14.4 Å². The molecule has 22 heavy (non-hydrogen) atoms. The molecule has 2 aromatic heterocycles. The van der Waals surface area contributed by atoms with Crippen LogP contribution in [0, 0.1) is 0 Å². The predicted molar refractivity (Wildman–Crippen MR) is 80.0 cm³/mol. The molecule has 0 fully saturated rings. The minimum atomic E-state index is -0.510. The Morgan fingerprint density at radius 1 is 1.23 bits per heavy atom. The second-order valence-electron chi connectivity index (χ2n) is 3.70. The molecule has 0 aromatic carbocycles. The van der Waals surface area contributed by atoms with Gasteiger partial charge in [-0.15, -0.1) is 0 Å². The number of aromatic amines is 1. The molecule has 2 aromatic rings. The van der Waals surface area contributed by atoms with Gasteiger partial charge in [-0.25, -0.2) is 9.78 Å². The molecule has 0 amide bonds. The number of H-pyrrole nitrogens is 1. The van der Waals surface area contributed by atoms with Gasteiger partial charge in [0.05, 0.1) is 6.61 Å². The molecule has 2 rings (SSSR count). The molecule has 0 bridgehead atoms. The van der Waals surface area contributed by atoms with Crippen molar-refractivity contribution in [1.29, 1.82) is 0 Å². The molecule has 0 unspecified atom stereocenters. The SMILES string of the molecule is CCOC(=O)Cn1nc(Cl)ccc1=O.O=c1ccc(Cl)n[nH]1. The number of carbonyl (C=O) groups excluding carboxylic acids is 1. The van der Waals surface area contributed by atoms with Gasteiger partial charge in [-0.2, -0.15) is 10.2 Å². The van der Waals surface area contributed by atoms with Crippen molar-refractivity contribution < 1.29 is 9.53 Å². The Morgan fingerprint density at radius 2 is 1.91 bits per heavy atom. The molecule has 0 aliphatic rings. The van der Waals surface area contributed by atoms with Gasteiger partial charge in [0, 0.05) is 12.1 Å². The highest BCUT2D eigenvalue weighted by Crippen LogP contribution is 1.97. The highest BCUT2D eigenvalue weighted by atomic mass is 35.5. The first kappa shape index (κ1) is 17.9. The monoisotopic (exact) mass is 346 g/mol. The Morgan fingerprint density at radius 3 is 2.45 bits per heavy atom. The quantitative estimate of drug-likeness (QED) is 0.826. The molecule has 0 spiro atoms. The highest BCUT2D eigenvalue weighted by Gasteiger charge is 2.06. The van der Waals surface area contributed by atoms with Crippen LogP contribution in [0.2, 0.25) is 10.3 Å². The van der Waals surface area contributed by atoms with Gasteiger partial charge >= 0.3 is 5.97 Å². The zero-order chi connectivity index (χ0) is 16.5. The average Bonchev–Trinajstić information content (AvgIpc) is 2.47. The minimum absolute atomic E-state index is 0.161. The maximum absolute atomic E-state index is 11.1. The largest absolute Gasteiger partial charge is 0.465 e. The van der Waals surface area contributed by atoms with E-state index < -0.39 is 5.97 Å². The standard InChI is InChI=1S/C8H9ClN2O3.C4H3ClN2O/c1-2-14-8(13)5-11-7(12)4-3-6(9)10-11;5-3-1-2-4(8)7-6-3/h3-4H,2,5H2,1H3;1-2H,(H,7,8). The molecule has 8 nitrogen and oxygen atoms in total. The van der Waals surface area contributed by atoms with Crippen LogP contribution in [0.5, 0.6) is 0 Å². The average molecular weight is 347 g/mol. The fourth-order valence-electron chi connectivity index (χ4n) is 1.19. The molecule has 1 N–H and O–H groups in total. The first-order chi connectivity index (χ1) is 10.4. The molecular formula is C12H12Cl2N4O4. The summed E-state index contributed by atoms with van der Waals surface area (Å²) in [6.45, 7) is 1.74. The number of nitrogens with one attached hydrogen (secondary N) is 1. The number of rotatable bonds is 3. The second kappa shape index (κ2) is 8.96. The lowest BCUT2D eigenvalue weighted by atomic mass is 10.5. The van der Waals surface area contributed by atoms with E-state index in [0.29, 0.717) is 5.15 Å². The van der Waals surface area contributed by atoms with Crippen LogP contribution in [0.1, 0.15) is 6.92 Å². The molecule has 0 aliphatic heterocycles. The fourth-order valence-corrected chi connectivity index (χ4v) is 1.45. The van der Waals surface area contributed by atoms with E-state index in [1.54, 1.807) is 6.92 Å². The first-order valence-electron chi connectivity index (χ1n) is 6.03. The summed E-state index contributed by atoms with van der Waals surface area (Å²) >= 11 is 10.9. The summed E-state index contributed by atoms with van der Waals surface area (Å²) in [4.78, 5) is 32.4. The van der Waals surface area contributed by atoms with Crippen LogP contribution in [0.3, 0.4) is 0 Å². The third kappa shape index (κ3) is 6.51. The summed E-state index contributed by atoms with van der Waals surface area (Å²) in [6.07, 6.45) is 0. The van der Waals surface area contributed by atoms with E-state index in [9.17, 15) is 14.4 Å². The van der Waals surface area contributed by atoms with Crippen LogP contribution >= 0.6 is 23.2 Å². The third-order valence-corrected chi connectivity index (χ3v) is 2.48. The van der Waals surface area contributed by atoms with E-state index in [1.165, 1.54) is 24.3 Å². The van der Waals surface area contributed by atoms with Gasteiger partial charge in [-0.1, -0.05) is 23.2 Å². The van der Waals surface area contributed by atoms with Crippen LogP contribution in [-0.2, 0) is 16.1 Å². The zero-order valence-electron chi connectivity index (χ0n) is 11.5. The predicted octanol–water partition coefficient (Wildman–Crippen LogP) is 0.883. The van der Waals surface area contributed by atoms with E-state index >= 15 is 0 Å². The van der Waals surface area contributed by atoms with E-state index in [2.05, 4.69) is 20.0 Å². The number of carbonyl (C=O) groups is 1. The van der Waals surface area contributed by atoms with Crippen molar-refractivity contribution >= 4 is 29.2 Å². The smallest absolute Gasteiger partial charge is 0.327 e. The molecule has 0 atom stereocenters. The van der Waals surface area contributed by atoms with Crippen LogP contribution in [-0.4, -0.2) is 32.6 Å². The van der Waals surface area contributed by atoms with Gasteiger partial charge in [0.2, 0.25) is 0 Å². The van der Waals surface area contributed by atoms with E-state index in [0.717, 1.165) is 4.68 Å². The van der Waals surface area contributed by atoms with Crippen molar-refractivity contribution in [3.63, 3.8) is 0 Å². The number of esters is 1. The molecule has 10 heteroatoms. The topological polar surface area (TPSA) is 107 Å². The van der Waals surface area contributed by atoms with Gasteiger partial charge < -0.3 is 4.74 Å².